The summed E-state index contributed by atoms with van der Waals surface area (Å²) in [6.45, 7) is 41.5. The van der Waals surface area contributed by atoms with Gasteiger partial charge in [-0.1, -0.05) is 383 Å². The van der Waals surface area contributed by atoms with Gasteiger partial charge in [0.1, 0.15) is 0 Å². The van der Waals surface area contributed by atoms with Crippen LogP contribution in [0, 0.1) is 155 Å². The topological polar surface area (TPSA) is 0 Å². The van der Waals surface area contributed by atoms with E-state index in [1.807, 2.05) is 32.0 Å². The van der Waals surface area contributed by atoms with E-state index in [4.69, 9.17) is 6.85 Å². The van der Waals surface area contributed by atoms with Crippen molar-refractivity contribution in [2.75, 3.05) is 0 Å². The highest BCUT2D eigenvalue weighted by atomic mass is 14.5. The zero-order valence-corrected chi connectivity index (χ0v) is 74.3. The van der Waals surface area contributed by atoms with Gasteiger partial charge in [-0.3, -0.25) is 0 Å². The van der Waals surface area contributed by atoms with Crippen LogP contribution in [0.4, 0.5) is 0 Å². The van der Waals surface area contributed by atoms with E-state index < -0.39 is 0 Å². The molecular formula is C108H174. The van der Waals surface area contributed by atoms with Gasteiger partial charge in [0.2, 0.25) is 0 Å². The zero-order valence-electron chi connectivity index (χ0n) is 79.3. The lowest BCUT2D eigenvalue weighted by atomic mass is 9.50. The molecule has 0 aromatic heterocycles. The van der Waals surface area contributed by atoms with Gasteiger partial charge in [0.25, 0.3) is 0 Å². The Morgan fingerprint density at radius 1 is 0.278 bits per heavy atom. The van der Waals surface area contributed by atoms with Gasteiger partial charge in [-0.2, -0.15) is 0 Å². The van der Waals surface area contributed by atoms with E-state index in [9.17, 15) is 0 Å². The van der Waals surface area contributed by atoms with Crippen molar-refractivity contribution < 1.29 is 6.85 Å². The smallest absolute Gasteiger partial charge is 0.0303 e. The average Bonchev–Trinajstić information content (AvgIpc) is 1.71. The molecule has 6 unspecified atom stereocenters. The van der Waals surface area contributed by atoms with E-state index in [0.717, 1.165) is 128 Å². The van der Waals surface area contributed by atoms with Gasteiger partial charge in [-0.15, -0.1) is 0 Å². The number of rotatable bonds is 2. The van der Waals surface area contributed by atoms with Crippen molar-refractivity contribution >= 4 is 0 Å². The largest absolute Gasteiger partial charge is 0.0625 e. The Morgan fingerprint density at radius 2 is 0.611 bits per heavy atom. The second-order valence-corrected chi connectivity index (χ2v) is 40.3. The molecule has 14 aliphatic carbocycles. The summed E-state index contributed by atoms with van der Waals surface area (Å²) in [6, 6.07) is 43.5. The van der Waals surface area contributed by atoms with E-state index in [0.29, 0.717) is 5.41 Å². The summed E-state index contributed by atoms with van der Waals surface area (Å²) >= 11 is 0. The maximum absolute atomic E-state index is 7.87. The third-order valence-corrected chi connectivity index (χ3v) is 28.3. The lowest BCUT2D eigenvalue weighted by Crippen LogP contribution is -2.44. The Morgan fingerprint density at radius 3 is 0.889 bits per heavy atom. The fourth-order valence-corrected chi connectivity index (χ4v) is 21.3. The van der Waals surface area contributed by atoms with E-state index in [1.165, 1.54) is 186 Å². The van der Waals surface area contributed by atoms with Crippen LogP contribution >= 0.6 is 0 Å². The van der Waals surface area contributed by atoms with E-state index in [1.54, 1.807) is 75.3 Å². The first-order valence-corrected chi connectivity index (χ1v) is 45.9. The minimum absolute atomic E-state index is 0.0388. The molecule has 14 aliphatic rings. The quantitative estimate of drug-likeness (QED) is 0.165. The van der Waals surface area contributed by atoms with Crippen molar-refractivity contribution in [1.29, 1.82) is 0 Å². The molecule has 606 valence electrons. The minimum atomic E-state index is -0.116. The Labute approximate surface area is 679 Å². The summed E-state index contributed by atoms with van der Waals surface area (Å²) in [4.78, 5) is 0. The molecule has 6 atom stereocenters. The maximum atomic E-state index is 7.87. The van der Waals surface area contributed by atoms with Crippen molar-refractivity contribution in [3.8, 4) is 0 Å². The Hall–Kier alpha value is -3.90. The lowest BCUT2D eigenvalue weighted by Gasteiger charge is -2.55. The molecule has 0 nitrogen and oxygen atoms in total. The molecule has 0 spiro atoms. The van der Waals surface area contributed by atoms with Crippen molar-refractivity contribution in [3.63, 3.8) is 0 Å². The highest BCUT2D eigenvalue weighted by Crippen LogP contribution is 2.60. The summed E-state index contributed by atoms with van der Waals surface area (Å²) in [6.07, 6.45) is 54.0. The highest BCUT2D eigenvalue weighted by Gasteiger charge is 2.48. The third-order valence-electron chi connectivity index (χ3n) is 28.3. The predicted octanol–water partition coefficient (Wildman–Crippen LogP) is 34.2. The first-order valence-electron chi connectivity index (χ1n) is 48.4. The highest BCUT2D eigenvalue weighted by molar-refractivity contribution is 5.28. The molecule has 5 aromatic carbocycles. The van der Waals surface area contributed by atoms with Gasteiger partial charge in [-0.05, 0) is 293 Å². The summed E-state index contributed by atoms with van der Waals surface area (Å²) in [5.74, 6) is 11.6. The van der Waals surface area contributed by atoms with Crippen LogP contribution in [0.5, 0.6) is 0 Å². The monoisotopic (exact) mass is 1480 g/mol. The molecule has 0 amide bonds. The Bertz CT molecular complexity index is 3230. The van der Waals surface area contributed by atoms with Gasteiger partial charge in [0.05, 0.1) is 0 Å². The molecule has 0 heteroatoms. The van der Waals surface area contributed by atoms with Crippen LogP contribution in [0.1, 0.15) is 407 Å². The molecule has 8 bridgehead atoms. The van der Waals surface area contributed by atoms with Crippen molar-refractivity contribution in [1.82, 2.24) is 0 Å². The summed E-state index contributed by atoms with van der Waals surface area (Å²) in [5, 5.41) is 0. The second kappa shape index (κ2) is 48.3. The number of fused-ring (bicyclic) bond motifs is 4. The maximum Gasteiger partial charge on any atom is 0.0303 e. The number of hydrogen-bond acceptors (Lipinski definition) is 0. The molecule has 0 saturated heterocycles. The molecule has 0 aliphatic heterocycles. The second-order valence-electron chi connectivity index (χ2n) is 40.3. The first kappa shape index (κ1) is 83.5. The molecule has 14 fully saturated rings. The van der Waals surface area contributed by atoms with E-state index >= 15 is 0 Å². The minimum Gasteiger partial charge on any atom is -0.0625 e. The lowest BCUT2D eigenvalue weighted by molar-refractivity contribution is -0.0411. The summed E-state index contributed by atoms with van der Waals surface area (Å²) in [7, 11) is 0. The van der Waals surface area contributed by atoms with Crippen LogP contribution in [0.2, 0.25) is 0 Å². The van der Waals surface area contributed by atoms with Crippen LogP contribution in [-0.4, -0.2) is 0 Å². The van der Waals surface area contributed by atoms with Crippen LogP contribution < -0.4 is 0 Å². The first-order chi connectivity index (χ1) is 53.2. The van der Waals surface area contributed by atoms with Gasteiger partial charge < -0.3 is 0 Å². The Kier molecular flexibility index (Phi) is 37.4. The van der Waals surface area contributed by atoms with E-state index in [-0.39, 0.29) is 29.5 Å². The predicted molar refractivity (Wildman–Crippen MR) is 480 cm³/mol. The van der Waals surface area contributed by atoms with E-state index in [2.05, 4.69) is 221 Å². The Balaban J connectivity index is 0.000000172. The zero-order chi connectivity index (χ0) is 82.6. The SMILES string of the molecule is CC12CC3CC(CC(C3)C1)C2.CC1CC2CCC1C2.Cc1cc(C)cc(C)c1.Cc1ccc(C)cc1.Cc1ccc(C2CCC(C)CC2)cc1.Cc1ccc(C2CCCCC2)cc1.Cc1ccccc1.[2H]C1(C)CC2CCC1C2.[2H]C1(C)CCC(C)(C)CC1.[2H]C1(C)CCC(C)CC1.[2H]C1(C)CCCC1.[2H]C1(C)CCCCC1. The van der Waals surface area contributed by atoms with Gasteiger partial charge in [-0.25, -0.2) is 0 Å². The molecule has 5 aromatic rings. The summed E-state index contributed by atoms with van der Waals surface area (Å²) < 4.78 is 38.5. The standard InChI is InChI=1S/C14H20.C13H18.C11H18.C9H12.C9H18.2C8H14.C8H16.C8H10.C7H14.C7H8.C6H12/c1-11-3-7-13(8-4-11)14-9-5-12(2)6-10-14;1-11-7-9-13(10-8-11)12-5-3-2-4-6-12;1-11-5-8-2-9(6-11)4-10(3-8)7-11;1-7-4-8(2)6-9(3)5-7;1-8-4-6-9(2,3)7-5-8;2*1-6-4-7-2-3-8(6)5-7;2*1-7-3-5-8(2)6-4-7;2*1-7-5-3-2-4-6-7;1-6-4-2-3-5-6/h3-4,7-8,12,14H,5-6,9-10H2,1-2H3;7-10,12H,2-6H2,1H3;8-10H,2-7H2,1H3;4-6H,1-3H3;8H,4-7H2,1-3H3;2*6-8H,2-5H2,1H3;7-8H,3-6H2,1-2H3;3-6H,1-2H3;7H,2-6H2,1H3;2-6H,1H3;6H,2-5H2,1H3/i;;;;8D;6D;;7D;;7D;;6D. The van der Waals surface area contributed by atoms with Crippen LogP contribution in [0.25, 0.3) is 0 Å². The van der Waals surface area contributed by atoms with Crippen molar-refractivity contribution in [2.24, 2.45) is 99.5 Å². The van der Waals surface area contributed by atoms with Crippen molar-refractivity contribution in [3.05, 3.63) is 177 Å². The van der Waals surface area contributed by atoms with Crippen LogP contribution in [0.3, 0.4) is 0 Å². The fraction of sp³-hybridized carbons (Fsp3) is 0.722. The fourth-order valence-electron chi connectivity index (χ4n) is 21.3. The van der Waals surface area contributed by atoms with Gasteiger partial charge in [0.15, 0.2) is 0 Å². The number of aryl methyl sites for hydroxylation is 8. The normalized spacial score (nSPS) is 33.1. The third kappa shape index (κ3) is 36.1. The number of hydrogen-bond donors (Lipinski definition) is 0. The van der Waals surface area contributed by atoms with Crippen LogP contribution in [0.15, 0.2) is 121 Å². The average molecular weight is 1480 g/mol. The summed E-state index contributed by atoms with van der Waals surface area (Å²) in [5.41, 5.74) is 15.2. The molecule has 19 rings (SSSR count). The molecule has 0 N–H and O–H groups in total. The van der Waals surface area contributed by atoms with Gasteiger partial charge >= 0.3 is 0 Å². The molecular weight excluding hydrogens is 1300 g/mol. The molecule has 108 heavy (non-hydrogen) atoms. The van der Waals surface area contributed by atoms with Crippen molar-refractivity contribution in [2.45, 2.75) is 400 Å². The molecule has 0 radical (unpaired) electrons. The molecule has 14 saturated carbocycles. The van der Waals surface area contributed by atoms with Gasteiger partial charge in [0, 0.05) is 6.85 Å². The van der Waals surface area contributed by atoms with Crippen LogP contribution in [-0.2, 0) is 0 Å². The number of benzene rings is 5. The molecule has 0 heterocycles.